The number of anilines is 1. The smallest absolute Gasteiger partial charge is 0.271 e. The monoisotopic (exact) mass is 320 g/mol. The van der Waals surface area contributed by atoms with Gasteiger partial charge in [0.15, 0.2) is 0 Å². The van der Waals surface area contributed by atoms with Gasteiger partial charge in [0.05, 0.1) is 10.6 Å². The maximum atomic E-state index is 11.9. The molecule has 0 saturated carbocycles. The Bertz CT molecular complexity index is 515. The van der Waals surface area contributed by atoms with E-state index in [4.69, 9.17) is 0 Å². The number of nitro groups is 1. The van der Waals surface area contributed by atoms with Crippen LogP contribution >= 0.6 is 0 Å². The fourth-order valence-corrected chi connectivity index (χ4v) is 2.49. The number of unbranched alkanes of at least 4 members (excludes halogenated alkanes) is 7. The van der Waals surface area contributed by atoms with Crippen molar-refractivity contribution >= 4 is 17.3 Å². The van der Waals surface area contributed by atoms with Gasteiger partial charge in [-0.25, -0.2) is 0 Å². The second-order valence-electron chi connectivity index (χ2n) is 6.03. The van der Waals surface area contributed by atoms with Crippen LogP contribution in [0.5, 0.6) is 0 Å². The molecule has 0 aliphatic heterocycles. The van der Waals surface area contributed by atoms with E-state index in [0.717, 1.165) is 18.4 Å². The van der Waals surface area contributed by atoms with E-state index in [1.165, 1.54) is 50.7 Å². The maximum Gasteiger partial charge on any atom is 0.271 e. The van der Waals surface area contributed by atoms with Crippen molar-refractivity contribution in [2.24, 2.45) is 0 Å². The number of amides is 1. The zero-order chi connectivity index (χ0) is 17.1. The highest BCUT2D eigenvalue weighted by Gasteiger charge is 2.10. The van der Waals surface area contributed by atoms with Crippen LogP contribution in [0.2, 0.25) is 0 Å². The Morgan fingerprint density at radius 2 is 1.70 bits per heavy atom. The molecule has 5 heteroatoms. The van der Waals surface area contributed by atoms with Crippen LogP contribution in [-0.2, 0) is 4.79 Å². The van der Waals surface area contributed by atoms with Crippen LogP contribution in [0.1, 0.15) is 70.3 Å². The van der Waals surface area contributed by atoms with Gasteiger partial charge in [0, 0.05) is 18.6 Å². The van der Waals surface area contributed by atoms with Crippen molar-refractivity contribution in [3.8, 4) is 0 Å². The first-order valence-corrected chi connectivity index (χ1v) is 8.59. The van der Waals surface area contributed by atoms with Crippen LogP contribution in [0.3, 0.4) is 0 Å². The number of aryl methyl sites for hydroxylation is 1. The van der Waals surface area contributed by atoms with Gasteiger partial charge in [-0.3, -0.25) is 14.9 Å². The van der Waals surface area contributed by atoms with Crippen molar-refractivity contribution < 1.29 is 9.72 Å². The molecule has 0 radical (unpaired) electrons. The minimum absolute atomic E-state index is 0.00187. The van der Waals surface area contributed by atoms with Crippen molar-refractivity contribution in [2.45, 2.75) is 71.6 Å². The van der Waals surface area contributed by atoms with E-state index in [1.54, 1.807) is 6.07 Å². The van der Waals surface area contributed by atoms with E-state index < -0.39 is 4.92 Å². The molecule has 5 nitrogen and oxygen atoms in total. The quantitative estimate of drug-likeness (QED) is 0.338. The predicted octanol–water partition coefficient (Wildman–Crippen LogP) is 5.37. The van der Waals surface area contributed by atoms with Gasteiger partial charge < -0.3 is 5.32 Å². The molecule has 0 aliphatic rings. The minimum Gasteiger partial charge on any atom is -0.326 e. The van der Waals surface area contributed by atoms with Crippen LogP contribution in [0.15, 0.2) is 18.2 Å². The number of nitrogens with one attached hydrogen (secondary N) is 1. The molecule has 128 valence electrons. The standard InChI is InChI=1S/C18H28N2O3/c1-3-4-5-6-7-8-9-10-11-18(21)19-17-14-16(20(22)23)13-12-15(17)2/h12-14H,3-11H2,1-2H3,(H,19,21). The molecule has 1 aromatic carbocycles. The molecule has 0 fully saturated rings. The molecule has 0 bridgehead atoms. The molecule has 0 aliphatic carbocycles. The summed E-state index contributed by atoms with van der Waals surface area (Å²) in [6.07, 6.45) is 9.98. The largest absolute Gasteiger partial charge is 0.326 e. The van der Waals surface area contributed by atoms with E-state index in [1.807, 2.05) is 6.92 Å². The van der Waals surface area contributed by atoms with Crippen LogP contribution in [0.25, 0.3) is 0 Å². The van der Waals surface area contributed by atoms with Crippen LogP contribution < -0.4 is 5.32 Å². The van der Waals surface area contributed by atoms with E-state index in [-0.39, 0.29) is 11.6 Å². The summed E-state index contributed by atoms with van der Waals surface area (Å²) in [5.74, 6) is -0.0698. The summed E-state index contributed by atoms with van der Waals surface area (Å²) >= 11 is 0. The average Bonchev–Trinajstić information content (AvgIpc) is 2.52. The van der Waals surface area contributed by atoms with E-state index >= 15 is 0 Å². The molecule has 23 heavy (non-hydrogen) atoms. The first kappa shape index (κ1) is 19.1. The number of hydrogen-bond acceptors (Lipinski definition) is 3. The van der Waals surface area contributed by atoms with Crippen molar-refractivity contribution in [2.75, 3.05) is 5.32 Å². The summed E-state index contributed by atoms with van der Waals surface area (Å²) in [4.78, 5) is 22.3. The first-order valence-electron chi connectivity index (χ1n) is 8.59. The van der Waals surface area contributed by atoms with Crippen molar-refractivity contribution in [3.05, 3.63) is 33.9 Å². The van der Waals surface area contributed by atoms with Crippen LogP contribution in [0, 0.1) is 17.0 Å². The molecule has 1 rings (SSSR count). The molecule has 0 spiro atoms. The van der Waals surface area contributed by atoms with Gasteiger partial charge in [-0.05, 0) is 18.9 Å². The molecule has 1 amide bonds. The highest BCUT2D eigenvalue weighted by molar-refractivity contribution is 5.91. The summed E-state index contributed by atoms with van der Waals surface area (Å²) in [6, 6.07) is 4.52. The Labute approximate surface area is 138 Å². The molecule has 0 unspecified atom stereocenters. The Morgan fingerprint density at radius 1 is 1.09 bits per heavy atom. The SMILES string of the molecule is CCCCCCCCCCC(=O)Nc1cc([N+](=O)[O-])ccc1C. The number of nitro benzene ring substituents is 1. The number of benzene rings is 1. The second-order valence-corrected chi connectivity index (χ2v) is 6.03. The Hall–Kier alpha value is -1.91. The summed E-state index contributed by atoms with van der Waals surface area (Å²) in [5, 5.41) is 13.6. The lowest BCUT2D eigenvalue weighted by atomic mass is 10.1. The van der Waals surface area contributed by atoms with E-state index in [2.05, 4.69) is 12.2 Å². The molecule has 0 saturated heterocycles. The van der Waals surface area contributed by atoms with Crippen molar-refractivity contribution in [3.63, 3.8) is 0 Å². The molecular formula is C18H28N2O3. The number of non-ortho nitro benzene ring substituents is 1. The normalized spacial score (nSPS) is 10.5. The van der Waals surface area contributed by atoms with Gasteiger partial charge in [-0.2, -0.15) is 0 Å². The van der Waals surface area contributed by atoms with E-state index in [9.17, 15) is 14.9 Å². The Balaban J connectivity index is 2.26. The topological polar surface area (TPSA) is 72.2 Å². The number of rotatable bonds is 11. The van der Waals surface area contributed by atoms with Gasteiger partial charge in [-0.1, -0.05) is 57.9 Å². The highest BCUT2D eigenvalue weighted by atomic mass is 16.6. The lowest BCUT2D eigenvalue weighted by Crippen LogP contribution is -2.12. The lowest BCUT2D eigenvalue weighted by Gasteiger charge is -2.08. The van der Waals surface area contributed by atoms with Gasteiger partial charge in [-0.15, -0.1) is 0 Å². The summed E-state index contributed by atoms with van der Waals surface area (Å²) < 4.78 is 0. The van der Waals surface area contributed by atoms with Gasteiger partial charge >= 0.3 is 0 Å². The van der Waals surface area contributed by atoms with Gasteiger partial charge in [0.1, 0.15) is 0 Å². The predicted molar refractivity (Wildman–Crippen MR) is 93.7 cm³/mol. The molecule has 1 N–H and O–H groups in total. The number of nitrogens with zero attached hydrogens (tertiary/aromatic N) is 1. The minimum atomic E-state index is -0.451. The summed E-state index contributed by atoms with van der Waals surface area (Å²) in [5.41, 5.74) is 1.36. The fourth-order valence-electron chi connectivity index (χ4n) is 2.49. The number of carbonyl (C=O) groups excluding carboxylic acids is 1. The number of carbonyl (C=O) groups is 1. The zero-order valence-corrected chi connectivity index (χ0v) is 14.3. The molecule has 0 heterocycles. The lowest BCUT2D eigenvalue weighted by molar-refractivity contribution is -0.384. The third-order valence-electron chi connectivity index (χ3n) is 3.96. The van der Waals surface area contributed by atoms with Gasteiger partial charge in [0.25, 0.3) is 5.69 Å². The molecule has 0 atom stereocenters. The van der Waals surface area contributed by atoms with Crippen LogP contribution in [-0.4, -0.2) is 10.8 Å². The highest BCUT2D eigenvalue weighted by Crippen LogP contribution is 2.22. The molecular weight excluding hydrogens is 292 g/mol. The Kier molecular flexibility index (Phi) is 8.95. The summed E-state index contributed by atoms with van der Waals surface area (Å²) in [7, 11) is 0. The molecule has 0 aromatic heterocycles. The second kappa shape index (κ2) is 10.8. The molecule has 1 aromatic rings. The zero-order valence-electron chi connectivity index (χ0n) is 14.3. The Morgan fingerprint density at radius 3 is 2.30 bits per heavy atom. The van der Waals surface area contributed by atoms with Gasteiger partial charge in [0.2, 0.25) is 5.91 Å². The van der Waals surface area contributed by atoms with E-state index in [0.29, 0.717) is 12.1 Å². The third-order valence-corrected chi connectivity index (χ3v) is 3.96. The third kappa shape index (κ3) is 7.77. The van der Waals surface area contributed by atoms with Crippen molar-refractivity contribution in [1.82, 2.24) is 0 Å². The van der Waals surface area contributed by atoms with Crippen molar-refractivity contribution in [1.29, 1.82) is 0 Å². The maximum absolute atomic E-state index is 11.9. The fraction of sp³-hybridized carbons (Fsp3) is 0.611. The number of hydrogen-bond donors (Lipinski definition) is 1. The first-order chi connectivity index (χ1) is 11.0. The summed E-state index contributed by atoms with van der Waals surface area (Å²) in [6.45, 7) is 4.04. The average molecular weight is 320 g/mol. The van der Waals surface area contributed by atoms with Crippen LogP contribution in [0.4, 0.5) is 11.4 Å².